The Bertz CT molecular complexity index is 838. The average molecular weight is 328 g/mol. The van der Waals surface area contributed by atoms with Crippen molar-refractivity contribution in [3.63, 3.8) is 0 Å². The van der Waals surface area contributed by atoms with Gasteiger partial charge in [-0.25, -0.2) is 14.6 Å². The SMILES string of the molecule is CCc1ncn(Cc2nc(-c3cc(OC)ccc3OC)oc2C)n1. The predicted octanol–water partition coefficient (Wildman–Crippen LogP) is 2.87. The molecule has 126 valence electrons. The molecule has 0 atom stereocenters. The first kappa shape index (κ1) is 16.0. The first-order chi connectivity index (χ1) is 11.6. The second kappa shape index (κ2) is 6.74. The molecule has 0 aliphatic carbocycles. The zero-order chi connectivity index (χ0) is 17.1. The highest BCUT2D eigenvalue weighted by Gasteiger charge is 2.17. The molecule has 0 spiro atoms. The molecule has 2 heterocycles. The summed E-state index contributed by atoms with van der Waals surface area (Å²) in [4.78, 5) is 8.84. The number of rotatable bonds is 6. The van der Waals surface area contributed by atoms with Crippen LogP contribution in [0.15, 0.2) is 28.9 Å². The molecule has 0 aliphatic rings. The van der Waals surface area contributed by atoms with Gasteiger partial charge >= 0.3 is 0 Å². The normalized spacial score (nSPS) is 10.8. The molecular formula is C17H20N4O3. The van der Waals surface area contributed by atoms with E-state index in [2.05, 4.69) is 15.1 Å². The molecule has 0 amide bonds. The maximum Gasteiger partial charge on any atom is 0.230 e. The van der Waals surface area contributed by atoms with Gasteiger partial charge in [0.05, 0.1) is 26.3 Å². The maximum absolute atomic E-state index is 5.84. The first-order valence-corrected chi connectivity index (χ1v) is 7.71. The van der Waals surface area contributed by atoms with E-state index < -0.39 is 0 Å². The van der Waals surface area contributed by atoms with Gasteiger partial charge in [0.1, 0.15) is 35.1 Å². The van der Waals surface area contributed by atoms with Gasteiger partial charge in [0.2, 0.25) is 5.89 Å². The first-order valence-electron chi connectivity index (χ1n) is 7.71. The minimum atomic E-state index is 0.495. The molecule has 0 N–H and O–H groups in total. The summed E-state index contributed by atoms with van der Waals surface area (Å²) in [6.07, 6.45) is 2.51. The Morgan fingerprint density at radius 3 is 2.71 bits per heavy atom. The summed E-state index contributed by atoms with van der Waals surface area (Å²) in [7, 11) is 3.23. The second-order valence-electron chi connectivity index (χ2n) is 5.30. The number of ether oxygens (including phenoxy) is 2. The summed E-state index contributed by atoms with van der Waals surface area (Å²) < 4.78 is 18.3. The molecule has 0 aliphatic heterocycles. The van der Waals surface area contributed by atoms with Gasteiger partial charge in [-0.3, -0.25) is 0 Å². The van der Waals surface area contributed by atoms with Crippen molar-refractivity contribution < 1.29 is 13.9 Å². The van der Waals surface area contributed by atoms with Crippen molar-refractivity contribution in [3.05, 3.63) is 41.8 Å². The van der Waals surface area contributed by atoms with E-state index in [1.807, 2.05) is 32.0 Å². The quantitative estimate of drug-likeness (QED) is 0.692. The molecule has 24 heavy (non-hydrogen) atoms. The van der Waals surface area contributed by atoms with Crippen molar-refractivity contribution in [2.24, 2.45) is 0 Å². The van der Waals surface area contributed by atoms with E-state index >= 15 is 0 Å². The molecule has 7 nitrogen and oxygen atoms in total. The van der Waals surface area contributed by atoms with E-state index in [4.69, 9.17) is 13.9 Å². The van der Waals surface area contributed by atoms with Crippen LogP contribution in [0.2, 0.25) is 0 Å². The lowest BCUT2D eigenvalue weighted by Gasteiger charge is -2.07. The summed E-state index contributed by atoms with van der Waals surface area (Å²) in [5.41, 5.74) is 1.56. The number of nitrogens with zero attached hydrogens (tertiary/aromatic N) is 4. The number of aryl methyl sites for hydroxylation is 2. The minimum absolute atomic E-state index is 0.495. The van der Waals surface area contributed by atoms with E-state index in [1.54, 1.807) is 25.2 Å². The van der Waals surface area contributed by atoms with Crippen LogP contribution in [-0.4, -0.2) is 34.0 Å². The number of aromatic nitrogens is 4. The van der Waals surface area contributed by atoms with Gasteiger partial charge in [-0.15, -0.1) is 0 Å². The molecule has 1 aromatic carbocycles. The van der Waals surface area contributed by atoms with Gasteiger partial charge in [-0.05, 0) is 25.1 Å². The lowest BCUT2D eigenvalue weighted by Crippen LogP contribution is -2.02. The van der Waals surface area contributed by atoms with E-state index in [1.165, 1.54) is 0 Å². The van der Waals surface area contributed by atoms with Crippen LogP contribution in [0.3, 0.4) is 0 Å². The zero-order valence-corrected chi connectivity index (χ0v) is 14.2. The topological polar surface area (TPSA) is 75.2 Å². The van der Waals surface area contributed by atoms with Crippen LogP contribution in [0.5, 0.6) is 11.5 Å². The number of hydrogen-bond donors (Lipinski definition) is 0. The number of benzene rings is 1. The largest absolute Gasteiger partial charge is 0.497 e. The van der Waals surface area contributed by atoms with Gasteiger partial charge in [-0.1, -0.05) is 6.92 Å². The fraction of sp³-hybridized carbons (Fsp3) is 0.353. The number of hydrogen-bond acceptors (Lipinski definition) is 6. The second-order valence-corrected chi connectivity index (χ2v) is 5.30. The van der Waals surface area contributed by atoms with Crippen LogP contribution in [0.1, 0.15) is 24.2 Å². The molecule has 3 rings (SSSR count). The van der Waals surface area contributed by atoms with Crippen molar-refractivity contribution in [2.45, 2.75) is 26.8 Å². The third kappa shape index (κ3) is 3.10. The van der Waals surface area contributed by atoms with Crippen LogP contribution in [0.25, 0.3) is 11.5 Å². The average Bonchev–Trinajstić information content (AvgIpc) is 3.21. The zero-order valence-electron chi connectivity index (χ0n) is 14.2. The molecular weight excluding hydrogens is 308 g/mol. The van der Waals surface area contributed by atoms with E-state index in [-0.39, 0.29) is 0 Å². The Morgan fingerprint density at radius 1 is 1.21 bits per heavy atom. The monoisotopic (exact) mass is 328 g/mol. The third-order valence-electron chi connectivity index (χ3n) is 3.74. The molecule has 3 aromatic rings. The fourth-order valence-electron chi connectivity index (χ4n) is 2.40. The maximum atomic E-state index is 5.84. The summed E-state index contributed by atoms with van der Waals surface area (Å²) in [5.74, 6) is 3.44. The summed E-state index contributed by atoms with van der Waals surface area (Å²) in [5, 5.41) is 4.39. The van der Waals surface area contributed by atoms with Crippen molar-refractivity contribution in [1.82, 2.24) is 19.7 Å². The highest BCUT2D eigenvalue weighted by atomic mass is 16.5. The Hall–Kier alpha value is -2.83. The number of oxazole rings is 1. The van der Waals surface area contributed by atoms with Gasteiger partial charge in [0, 0.05) is 6.42 Å². The Balaban J connectivity index is 1.93. The summed E-state index contributed by atoms with van der Waals surface area (Å²) >= 11 is 0. The minimum Gasteiger partial charge on any atom is -0.497 e. The lowest BCUT2D eigenvalue weighted by atomic mass is 10.2. The Labute approximate surface area is 140 Å². The Kier molecular flexibility index (Phi) is 4.50. The van der Waals surface area contributed by atoms with E-state index in [0.717, 1.165) is 29.3 Å². The molecule has 7 heteroatoms. The summed E-state index contributed by atoms with van der Waals surface area (Å²) in [6, 6.07) is 5.51. The summed E-state index contributed by atoms with van der Waals surface area (Å²) in [6.45, 7) is 4.42. The van der Waals surface area contributed by atoms with Crippen molar-refractivity contribution in [2.75, 3.05) is 14.2 Å². The van der Waals surface area contributed by atoms with Crippen molar-refractivity contribution in [1.29, 1.82) is 0 Å². The van der Waals surface area contributed by atoms with Crippen LogP contribution < -0.4 is 9.47 Å². The number of methoxy groups -OCH3 is 2. The van der Waals surface area contributed by atoms with Gasteiger partial charge in [0.15, 0.2) is 0 Å². The van der Waals surface area contributed by atoms with E-state index in [9.17, 15) is 0 Å². The molecule has 2 aromatic heterocycles. The highest BCUT2D eigenvalue weighted by Crippen LogP contribution is 2.33. The highest BCUT2D eigenvalue weighted by molar-refractivity contribution is 5.65. The standard InChI is InChI=1S/C17H20N4O3/c1-5-16-18-10-21(20-16)9-14-11(2)24-17(19-14)13-8-12(22-3)6-7-15(13)23-4/h6-8,10H,5,9H2,1-4H3. The Morgan fingerprint density at radius 2 is 2.04 bits per heavy atom. The van der Waals surface area contributed by atoms with Gasteiger partial charge in [0.25, 0.3) is 0 Å². The molecule has 0 saturated carbocycles. The molecule has 0 unspecified atom stereocenters. The van der Waals surface area contributed by atoms with Crippen LogP contribution in [0.4, 0.5) is 0 Å². The van der Waals surface area contributed by atoms with Crippen LogP contribution >= 0.6 is 0 Å². The van der Waals surface area contributed by atoms with E-state index in [0.29, 0.717) is 23.9 Å². The van der Waals surface area contributed by atoms with Crippen molar-refractivity contribution in [3.8, 4) is 23.0 Å². The smallest absolute Gasteiger partial charge is 0.230 e. The molecule has 0 saturated heterocycles. The predicted molar refractivity (Wildman–Crippen MR) is 88.3 cm³/mol. The van der Waals surface area contributed by atoms with Crippen LogP contribution in [0, 0.1) is 6.92 Å². The van der Waals surface area contributed by atoms with Crippen molar-refractivity contribution >= 4 is 0 Å². The molecule has 0 fully saturated rings. The van der Waals surface area contributed by atoms with Gasteiger partial charge < -0.3 is 13.9 Å². The third-order valence-corrected chi connectivity index (χ3v) is 3.74. The molecule has 0 radical (unpaired) electrons. The molecule has 0 bridgehead atoms. The van der Waals surface area contributed by atoms with Crippen LogP contribution in [-0.2, 0) is 13.0 Å². The fourth-order valence-corrected chi connectivity index (χ4v) is 2.40. The lowest BCUT2D eigenvalue weighted by molar-refractivity contribution is 0.402. The van der Waals surface area contributed by atoms with Gasteiger partial charge in [-0.2, -0.15) is 5.10 Å².